The van der Waals surface area contributed by atoms with Crippen molar-refractivity contribution in [1.29, 1.82) is 0 Å². The largest absolute Gasteiger partial charge is 0.491 e. The number of nitrogens with one attached hydrogen (secondary N) is 1. The maximum Gasteiger partial charge on any atom is 0.162 e. The molecule has 0 spiro atoms. The van der Waals surface area contributed by atoms with E-state index in [0.29, 0.717) is 18.1 Å². The standard InChI is InChI=1S/C25H35N5O3/c1-7-12-30(8-2)25-16(3)23(22-17(4)29-33-18(22)5)27-24(28-25)19-10-9-11-21(13-19)32-15-20(31)14-26-6/h9-11,13,20,26,31H,7-8,12,14-15H2,1-6H3. The van der Waals surface area contributed by atoms with Gasteiger partial charge in [0.15, 0.2) is 5.82 Å². The molecule has 0 saturated heterocycles. The van der Waals surface area contributed by atoms with Crippen LogP contribution in [0.1, 0.15) is 37.3 Å². The van der Waals surface area contributed by atoms with E-state index in [1.165, 1.54) is 0 Å². The van der Waals surface area contributed by atoms with Crippen molar-refractivity contribution in [3.8, 4) is 28.4 Å². The summed E-state index contributed by atoms with van der Waals surface area (Å²) >= 11 is 0. The molecular formula is C25H35N5O3. The minimum atomic E-state index is -0.584. The van der Waals surface area contributed by atoms with Crippen LogP contribution in [-0.4, -0.2) is 59.6 Å². The first-order valence-electron chi connectivity index (χ1n) is 11.5. The minimum Gasteiger partial charge on any atom is -0.491 e. The summed E-state index contributed by atoms with van der Waals surface area (Å²) in [6.45, 7) is 12.6. The molecule has 0 aliphatic carbocycles. The van der Waals surface area contributed by atoms with E-state index < -0.39 is 6.10 Å². The second-order valence-corrected chi connectivity index (χ2v) is 8.17. The molecule has 3 rings (SSSR count). The molecule has 1 unspecified atom stereocenters. The lowest BCUT2D eigenvalue weighted by atomic mass is 10.0. The molecule has 0 saturated carbocycles. The van der Waals surface area contributed by atoms with Gasteiger partial charge in [-0.15, -0.1) is 0 Å². The van der Waals surface area contributed by atoms with Gasteiger partial charge in [0, 0.05) is 30.8 Å². The Hall–Kier alpha value is -2.97. The second-order valence-electron chi connectivity index (χ2n) is 8.17. The molecule has 1 atom stereocenters. The maximum atomic E-state index is 9.96. The Morgan fingerprint density at radius 1 is 1.18 bits per heavy atom. The maximum absolute atomic E-state index is 9.96. The third-order valence-corrected chi connectivity index (χ3v) is 5.54. The lowest BCUT2D eigenvalue weighted by Crippen LogP contribution is -2.29. The van der Waals surface area contributed by atoms with Crippen molar-refractivity contribution in [2.45, 2.75) is 47.1 Å². The van der Waals surface area contributed by atoms with Gasteiger partial charge in [-0.25, -0.2) is 9.97 Å². The van der Waals surface area contributed by atoms with Crippen LogP contribution >= 0.6 is 0 Å². The SMILES string of the molecule is CCCN(CC)c1nc(-c2cccc(OCC(O)CNC)c2)nc(-c2c(C)noc2C)c1C. The molecule has 33 heavy (non-hydrogen) atoms. The lowest BCUT2D eigenvalue weighted by molar-refractivity contribution is 0.108. The van der Waals surface area contributed by atoms with Crippen LogP contribution in [0.15, 0.2) is 28.8 Å². The van der Waals surface area contributed by atoms with Gasteiger partial charge >= 0.3 is 0 Å². The highest BCUT2D eigenvalue weighted by Crippen LogP contribution is 2.35. The number of hydrogen-bond acceptors (Lipinski definition) is 8. The van der Waals surface area contributed by atoms with Crippen molar-refractivity contribution in [1.82, 2.24) is 20.4 Å². The van der Waals surface area contributed by atoms with Crippen LogP contribution < -0.4 is 15.0 Å². The molecule has 178 valence electrons. The number of aliphatic hydroxyl groups excluding tert-OH is 1. The number of aryl methyl sites for hydroxylation is 2. The smallest absolute Gasteiger partial charge is 0.162 e. The van der Waals surface area contributed by atoms with Crippen molar-refractivity contribution in [2.24, 2.45) is 0 Å². The fourth-order valence-corrected chi connectivity index (χ4v) is 3.90. The highest BCUT2D eigenvalue weighted by molar-refractivity contribution is 5.75. The topological polar surface area (TPSA) is 96.5 Å². The summed E-state index contributed by atoms with van der Waals surface area (Å²) in [7, 11) is 1.80. The lowest BCUT2D eigenvalue weighted by Gasteiger charge is -2.25. The third-order valence-electron chi connectivity index (χ3n) is 5.54. The van der Waals surface area contributed by atoms with E-state index in [1.807, 2.05) is 38.1 Å². The summed E-state index contributed by atoms with van der Waals surface area (Å²) in [6, 6.07) is 7.67. The molecule has 2 aromatic heterocycles. The Morgan fingerprint density at radius 2 is 1.97 bits per heavy atom. The van der Waals surface area contributed by atoms with E-state index in [-0.39, 0.29) is 6.61 Å². The summed E-state index contributed by atoms with van der Waals surface area (Å²) in [5, 5.41) is 17.0. The number of rotatable bonds is 11. The van der Waals surface area contributed by atoms with Crippen LogP contribution in [0.2, 0.25) is 0 Å². The van der Waals surface area contributed by atoms with Gasteiger partial charge in [-0.1, -0.05) is 24.2 Å². The van der Waals surface area contributed by atoms with E-state index in [4.69, 9.17) is 19.2 Å². The second kappa shape index (κ2) is 11.2. The molecule has 0 radical (unpaired) electrons. The van der Waals surface area contributed by atoms with Crippen molar-refractivity contribution >= 4 is 5.82 Å². The monoisotopic (exact) mass is 453 g/mol. The first kappa shape index (κ1) is 24.7. The number of anilines is 1. The Labute approximate surface area is 196 Å². The first-order valence-corrected chi connectivity index (χ1v) is 11.5. The molecule has 0 amide bonds. The van der Waals surface area contributed by atoms with E-state index in [0.717, 1.165) is 59.2 Å². The number of likely N-dealkylation sites (N-methyl/N-ethyl adjacent to an activating group) is 1. The average Bonchev–Trinajstić information content (AvgIpc) is 3.14. The number of benzene rings is 1. The molecule has 0 fully saturated rings. The number of aliphatic hydroxyl groups is 1. The van der Waals surface area contributed by atoms with Gasteiger partial charge in [0.1, 0.15) is 30.0 Å². The van der Waals surface area contributed by atoms with E-state index in [2.05, 4.69) is 36.1 Å². The molecule has 8 heteroatoms. The molecule has 0 aliphatic rings. The Balaban J connectivity index is 2.08. The van der Waals surface area contributed by atoms with Crippen molar-refractivity contribution < 1.29 is 14.4 Å². The molecule has 2 heterocycles. The van der Waals surface area contributed by atoms with Crippen molar-refractivity contribution in [3.63, 3.8) is 0 Å². The van der Waals surface area contributed by atoms with Gasteiger partial charge in [0.05, 0.1) is 17.0 Å². The van der Waals surface area contributed by atoms with Crippen LogP contribution in [0.5, 0.6) is 5.75 Å². The third kappa shape index (κ3) is 5.69. The zero-order chi connectivity index (χ0) is 24.0. The van der Waals surface area contributed by atoms with Gasteiger partial charge in [-0.3, -0.25) is 0 Å². The van der Waals surface area contributed by atoms with Crippen LogP contribution in [0.3, 0.4) is 0 Å². The normalized spacial score (nSPS) is 12.1. The highest BCUT2D eigenvalue weighted by Gasteiger charge is 2.22. The molecule has 8 nitrogen and oxygen atoms in total. The van der Waals surface area contributed by atoms with E-state index in [1.54, 1.807) is 7.05 Å². The quantitative estimate of drug-likeness (QED) is 0.451. The van der Waals surface area contributed by atoms with Gasteiger partial charge < -0.3 is 24.6 Å². The number of aromatic nitrogens is 3. The van der Waals surface area contributed by atoms with Gasteiger partial charge in [0.2, 0.25) is 0 Å². The van der Waals surface area contributed by atoms with Gasteiger partial charge in [-0.2, -0.15) is 0 Å². The number of nitrogens with zero attached hydrogens (tertiary/aromatic N) is 4. The Kier molecular flexibility index (Phi) is 8.41. The zero-order valence-electron chi connectivity index (χ0n) is 20.5. The van der Waals surface area contributed by atoms with Crippen LogP contribution in [0.4, 0.5) is 5.82 Å². The van der Waals surface area contributed by atoms with Crippen LogP contribution in [0, 0.1) is 20.8 Å². The number of ether oxygens (including phenoxy) is 1. The van der Waals surface area contributed by atoms with Crippen molar-refractivity contribution in [3.05, 3.63) is 41.3 Å². The minimum absolute atomic E-state index is 0.203. The molecule has 1 aromatic carbocycles. The fraction of sp³-hybridized carbons (Fsp3) is 0.480. The average molecular weight is 454 g/mol. The van der Waals surface area contributed by atoms with E-state index in [9.17, 15) is 5.11 Å². The van der Waals surface area contributed by atoms with Crippen LogP contribution in [-0.2, 0) is 0 Å². The summed E-state index contributed by atoms with van der Waals surface area (Å²) in [5.74, 6) is 2.92. The molecular weight excluding hydrogens is 418 g/mol. The summed E-state index contributed by atoms with van der Waals surface area (Å²) in [6.07, 6.45) is 0.435. The summed E-state index contributed by atoms with van der Waals surface area (Å²) < 4.78 is 11.2. The fourth-order valence-electron chi connectivity index (χ4n) is 3.90. The molecule has 0 aliphatic heterocycles. The Bertz CT molecular complexity index is 1050. The molecule has 2 N–H and O–H groups in total. The summed E-state index contributed by atoms with van der Waals surface area (Å²) in [5.41, 5.74) is 4.40. The van der Waals surface area contributed by atoms with Gasteiger partial charge in [-0.05, 0) is 53.3 Å². The van der Waals surface area contributed by atoms with Crippen LogP contribution in [0.25, 0.3) is 22.6 Å². The zero-order valence-corrected chi connectivity index (χ0v) is 20.5. The molecule has 0 bridgehead atoms. The summed E-state index contributed by atoms with van der Waals surface area (Å²) in [4.78, 5) is 12.2. The highest BCUT2D eigenvalue weighted by atomic mass is 16.5. The van der Waals surface area contributed by atoms with Crippen molar-refractivity contribution in [2.75, 3.05) is 38.2 Å². The predicted molar refractivity (Wildman–Crippen MR) is 131 cm³/mol. The first-order chi connectivity index (χ1) is 15.9. The van der Waals surface area contributed by atoms with Gasteiger partial charge in [0.25, 0.3) is 0 Å². The Morgan fingerprint density at radius 3 is 2.61 bits per heavy atom. The van der Waals surface area contributed by atoms with E-state index >= 15 is 0 Å². The number of hydrogen-bond donors (Lipinski definition) is 2. The predicted octanol–water partition coefficient (Wildman–Crippen LogP) is 3.92. The molecule has 3 aromatic rings.